The fourth-order valence-corrected chi connectivity index (χ4v) is 4.33. The van der Waals surface area contributed by atoms with Crippen LogP contribution in [0.2, 0.25) is 0 Å². The van der Waals surface area contributed by atoms with E-state index in [1.165, 1.54) is 0 Å². The Bertz CT molecular complexity index is 731. The molecule has 0 bridgehead atoms. The molecule has 1 amide bonds. The Labute approximate surface area is 162 Å². The van der Waals surface area contributed by atoms with Crippen LogP contribution in [0.15, 0.2) is 0 Å². The number of carbonyl (C=O) groups is 1. The molecule has 7 heteroatoms. The van der Waals surface area contributed by atoms with Crippen molar-refractivity contribution in [2.45, 2.75) is 77.7 Å². The van der Waals surface area contributed by atoms with Crippen LogP contribution in [0.5, 0.6) is 0 Å². The lowest BCUT2D eigenvalue weighted by Crippen LogP contribution is -2.48. The van der Waals surface area contributed by atoms with Crippen LogP contribution in [-0.4, -0.2) is 59.3 Å². The van der Waals surface area contributed by atoms with Crippen LogP contribution in [0, 0.1) is 13.8 Å². The molecule has 0 radical (unpaired) electrons. The first-order chi connectivity index (χ1) is 12.5. The molecule has 2 atom stereocenters. The topological polar surface area (TPSA) is 79.4 Å². The normalized spacial score (nSPS) is 26.4. The fraction of sp³-hybridized carbons (Fsp3) is 0.750. The van der Waals surface area contributed by atoms with E-state index < -0.39 is 0 Å². The summed E-state index contributed by atoms with van der Waals surface area (Å²) in [4.78, 5) is 23.1. The van der Waals surface area contributed by atoms with E-state index in [0.29, 0.717) is 12.1 Å². The summed E-state index contributed by atoms with van der Waals surface area (Å²) in [5, 5.41) is 6.43. The molecule has 2 saturated heterocycles. The number of ether oxygens (including phenoxy) is 1. The van der Waals surface area contributed by atoms with Gasteiger partial charge < -0.3 is 20.3 Å². The minimum absolute atomic E-state index is 0.0950. The lowest BCUT2D eigenvalue weighted by atomic mass is 9.93. The van der Waals surface area contributed by atoms with Gasteiger partial charge >= 0.3 is 0 Å². The number of hydrogen-bond acceptors (Lipinski definition) is 6. The zero-order valence-electron chi connectivity index (χ0n) is 17.6. The van der Waals surface area contributed by atoms with Gasteiger partial charge in [0, 0.05) is 43.5 Å². The Hall–Kier alpha value is -1.73. The molecule has 0 spiro atoms. The maximum Gasteiger partial charge on any atom is 0.288 e. The summed E-state index contributed by atoms with van der Waals surface area (Å²) in [6, 6.07) is 0.706. The second kappa shape index (κ2) is 7.02. The van der Waals surface area contributed by atoms with Crippen LogP contribution in [0.1, 0.15) is 62.4 Å². The first kappa shape index (κ1) is 20.0. The Morgan fingerprint density at radius 1 is 1.22 bits per heavy atom. The van der Waals surface area contributed by atoms with Gasteiger partial charge in [-0.05, 0) is 54.4 Å². The van der Waals surface area contributed by atoms with Crippen molar-refractivity contribution >= 4 is 11.7 Å². The standard InChI is InChI=1S/C20H33N5O2/c1-12-13(2)22-16(18(26)21-7)24-17(12)25-9-8-14(11-25)23-15-10-19(3,4)27-20(15,5)6/h14-15,23H,8-11H2,1-7H3,(H,21,26)/t14-,15?/m1/s1. The smallest absolute Gasteiger partial charge is 0.288 e. The minimum Gasteiger partial charge on any atom is -0.368 e. The van der Waals surface area contributed by atoms with E-state index >= 15 is 0 Å². The molecule has 150 valence electrons. The quantitative estimate of drug-likeness (QED) is 0.838. The lowest BCUT2D eigenvalue weighted by Gasteiger charge is -2.30. The van der Waals surface area contributed by atoms with Crippen LogP contribution in [0.3, 0.4) is 0 Å². The molecule has 2 N–H and O–H groups in total. The van der Waals surface area contributed by atoms with Crippen molar-refractivity contribution in [2.75, 3.05) is 25.0 Å². The summed E-state index contributed by atoms with van der Waals surface area (Å²) >= 11 is 0. The molecule has 27 heavy (non-hydrogen) atoms. The van der Waals surface area contributed by atoms with Crippen LogP contribution in [-0.2, 0) is 4.74 Å². The van der Waals surface area contributed by atoms with Crippen LogP contribution in [0.25, 0.3) is 0 Å². The molecule has 2 aliphatic heterocycles. The number of nitrogens with zero attached hydrogens (tertiary/aromatic N) is 3. The number of amides is 1. The highest BCUT2D eigenvalue weighted by atomic mass is 16.5. The number of rotatable bonds is 4. The third-order valence-corrected chi connectivity index (χ3v) is 5.79. The molecule has 1 aromatic rings. The van der Waals surface area contributed by atoms with E-state index in [0.717, 1.165) is 43.0 Å². The van der Waals surface area contributed by atoms with Crippen molar-refractivity contribution in [3.63, 3.8) is 0 Å². The van der Waals surface area contributed by atoms with Crippen molar-refractivity contribution in [1.82, 2.24) is 20.6 Å². The Morgan fingerprint density at radius 2 is 1.93 bits per heavy atom. The number of aromatic nitrogens is 2. The summed E-state index contributed by atoms with van der Waals surface area (Å²) < 4.78 is 6.22. The molecule has 2 aliphatic rings. The summed E-state index contributed by atoms with van der Waals surface area (Å²) in [7, 11) is 1.60. The molecule has 1 aromatic heterocycles. The third-order valence-electron chi connectivity index (χ3n) is 5.79. The third kappa shape index (κ3) is 4.09. The van der Waals surface area contributed by atoms with E-state index in [-0.39, 0.29) is 22.9 Å². The van der Waals surface area contributed by atoms with Gasteiger partial charge in [0.25, 0.3) is 5.91 Å². The number of anilines is 1. The first-order valence-corrected chi connectivity index (χ1v) is 9.81. The molecule has 0 aliphatic carbocycles. The molecular weight excluding hydrogens is 342 g/mol. The Balaban J connectivity index is 1.73. The first-order valence-electron chi connectivity index (χ1n) is 9.81. The SMILES string of the molecule is CNC(=O)c1nc(C)c(C)c(N2CC[C@@H](NC3CC(C)(C)OC3(C)C)C2)n1. The average molecular weight is 376 g/mol. The minimum atomic E-state index is -0.250. The predicted octanol–water partition coefficient (Wildman–Crippen LogP) is 1.97. The van der Waals surface area contributed by atoms with Gasteiger partial charge in [0.1, 0.15) is 5.82 Å². The lowest BCUT2D eigenvalue weighted by molar-refractivity contribution is -0.0703. The second-order valence-electron chi connectivity index (χ2n) is 8.98. The van der Waals surface area contributed by atoms with Gasteiger partial charge in [-0.2, -0.15) is 0 Å². The van der Waals surface area contributed by atoms with Gasteiger partial charge in [-0.3, -0.25) is 4.79 Å². The van der Waals surface area contributed by atoms with Crippen LogP contribution >= 0.6 is 0 Å². The van der Waals surface area contributed by atoms with E-state index in [9.17, 15) is 4.79 Å². The van der Waals surface area contributed by atoms with Gasteiger partial charge in [-0.15, -0.1) is 0 Å². The predicted molar refractivity (Wildman–Crippen MR) is 106 cm³/mol. The Morgan fingerprint density at radius 3 is 2.52 bits per heavy atom. The summed E-state index contributed by atoms with van der Waals surface area (Å²) in [5.74, 6) is 0.854. The molecule has 3 heterocycles. The Kier molecular flexibility index (Phi) is 5.20. The monoisotopic (exact) mass is 375 g/mol. The summed E-state index contributed by atoms with van der Waals surface area (Å²) in [6.07, 6.45) is 2.05. The maximum atomic E-state index is 12.0. The van der Waals surface area contributed by atoms with Crippen LogP contribution in [0.4, 0.5) is 5.82 Å². The molecular formula is C20H33N5O2. The maximum absolute atomic E-state index is 12.0. The fourth-order valence-electron chi connectivity index (χ4n) is 4.33. The molecule has 2 fully saturated rings. The van der Waals surface area contributed by atoms with Crippen molar-refractivity contribution in [1.29, 1.82) is 0 Å². The van der Waals surface area contributed by atoms with Crippen molar-refractivity contribution in [3.05, 3.63) is 17.1 Å². The molecule has 0 aromatic carbocycles. The van der Waals surface area contributed by atoms with Gasteiger partial charge in [0.05, 0.1) is 11.2 Å². The molecule has 0 saturated carbocycles. The molecule has 7 nitrogen and oxygen atoms in total. The van der Waals surface area contributed by atoms with Crippen molar-refractivity contribution in [2.24, 2.45) is 0 Å². The van der Waals surface area contributed by atoms with Gasteiger partial charge in [-0.1, -0.05) is 0 Å². The highest BCUT2D eigenvalue weighted by Gasteiger charge is 2.46. The number of nitrogens with one attached hydrogen (secondary N) is 2. The van der Waals surface area contributed by atoms with Gasteiger partial charge in [0.15, 0.2) is 0 Å². The summed E-state index contributed by atoms with van der Waals surface area (Å²) in [5.41, 5.74) is 1.61. The van der Waals surface area contributed by atoms with Crippen molar-refractivity contribution in [3.8, 4) is 0 Å². The number of aryl methyl sites for hydroxylation is 1. The molecule has 1 unspecified atom stereocenters. The highest BCUT2D eigenvalue weighted by molar-refractivity contribution is 5.90. The number of hydrogen-bond donors (Lipinski definition) is 2. The second-order valence-corrected chi connectivity index (χ2v) is 8.98. The zero-order valence-corrected chi connectivity index (χ0v) is 17.6. The van der Waals surface area contributed by atoms with E-state index in [4.69, 9.17) is 4.74 Å². The highest BCUT2D eigenvalue weighted by Crippen LogP contribution is 2.38. The van der Waals surface area contributed by atoms with E-state index in [2.05, 4.69) is 53.2 Å². The van der Waals surface area contributed by atoms with Gasteiger partial charge in [0.2, 0.25) is 5.82 Å². The molecule has 3 rings (SSSR count). The number of carbonyl (C=O) groups excluding carboxylic acids is 1. The van der Waals surface area contributed by atoms with E-state index in [1.54, 1.807) is 7.05 Å². The largest absolute Gasteiger partial charge is 0.368 e. The summed E-state index contributed by atoms with van der Waals surface area (Å²) in [6.45, 7) is 14.4. The average Bonchev–Trinajstić information content (AvgIpc) is 3.10. The zero-order chi connectivity index (χ0) is 20.0. The van der Waals surface area contributed by atoms with E-state index in [1.807, 2.05) is 13.8 Å². The van der Waals surface area contributed by atoms with Crippen molar-refractivity contribution < 1.29 is 9.53 Å². The van der Waals surface area contributed by atoms with Crippen LogP contribution < -0.4 is 15.5 Å². The van der Waals surface area contributed by atoms with Gasteiger partial charge in [-0.25, -0.2) is 9.97 Å².